The predicted octanol–water partition coefficient (Wildman–Crippen LogP) is 2.76. The molecule has 0 bridgehead atoms. The highest BCUT2D eigenvalue weighted by atomic mass is 16.2. The maximum Gasteiger partial charge on any atom is 0.253 e. The fraction of sp³-hybridized carbons (Fsp3) is 0.200. The smallest absolute Gasteiger partial charge is 0.253 e. The lowest BCUT2D eigenvalue weighted by atomic mass is 10.0. The number of nitrogens with zero attached hydrogens (tertiary/aromatic N) is 2. The van der Waals surface area contributed by atoms with Crippen molar-refractivity contribution in [2.24, 2.45) is 0 Å². The zero-order chi connectivity index (χ0) is 13.1. The van der Waals surface area contributed by atoms with Gasteiger partial charge in [0.15, 0.2) is 0 Å². The van der Waals surface area contributed by atoms with Crippen molar-refractivity contribution in [2.75, 3.05) is 14.1 Å². The molecule has 2 rings (SSSR count). The molecule has 0 aliphatic heterocycles. The van der Waals surface area contributed by atoms with Crippen molar-refractivity contribution < 1.29 is 4.79 Å². The number of carbonyl (C=O) groups excluding carboxylic acids is 1. The maximum absolute atomic E-state index is 11.9. The fourth-order valence-corrected chi connectivity index (χ4v) is 1.85. The highest BCUT2D eigenvalue weighted by Gasteiger charge is 2.10. The summed E-state index contributed by atoms with van der Waals surface area (Å²) in [4.78, 5) is 17.9. The first-order valence-corrected chi connectivity index (χ1v) is 5.83. The number of rotatable bonds is 2. The van der Waals surface area contributed by atoms with Crippen molar-refractivity contribution in [3.8, 4) is 11.3 Å². The van der Waals surface area contributed by atoms with Gasteiger partial charge in [-0.05, 0) is 30.7 Å². The van der Waals surface area contributed by atoms with Crippen LogP contribution in [-0.2, 0) is 0 Å². The summed E-state index contributed by atoms with van der Waals surface area (Å²) in [5.41, 5.74) is 3.68. The Morgan fingerprint density at radius 3 is 2.61 bits per heavy atom. The average Bonchev–Trinajstić information content (AvgIpc) is 2.38. The van der Waals surface area contributed by atoms with Crippen molar-refractivity contribution in [1.82, 2.24) is 9.88 Å². The van der Waals surface area contributed by atoms with Crippen LogP contribution in [0.15, 0.2) is 42.6 Å². The topological polar surface area (TPSA) is 33.2 Å². The molecule has 0 saturated carbocycles. The SMILES string of the molecule is Cc1cccnc1-c1cccc(C(=O)N(C)C)c1. The second-order valence-electron chi connectivity index (χ2n) is 4.45. The van der Waals surface area contributed by atoms with E-state index < -0.39 is 0 Å². The van der Waals surface area contributed by atoms with Crippen LogP contribution in [-0.4, -0.2) is 29.9 Å². The molecule has 0 N–H and O–H groups in total. The van der Waals surface area contributed by atoms with Crippen LogP contribution in [0.5, 0.6) is 0 Å². The summed E-state index contributed by atoms with van der Waals surface area (Å²) in [6, 6.07) is 11.5. The van der Waals surface area contributed by atoms with E-state index in [-0.39, 0.29) is 5.91 Å². The molecule has 0 aliphatic carbocycles. The molecule has 3 nitrogen and oxygen atoms in total. The van der Waals surface area contributed by atoms with Gasteiger partial charge in [0.1, 0.15) is 0 Å². The molecule has 1 aromatic heterocycles. The third-order valence-electron chi connectivity index (χ3n) is 2.80. The summed E-state index contributed by atoms with van der Waals surface area (Å²) in [6.45, 7) is 2.02. The van der Waals surface area contributed by atoms with Gasteiger partial charge in [0, 0.05) is 31.4 Å². The summed E-state index contributed by atoms with van der Waals surface area (Å²) < 4.78 is 0. The normalized spacial score (nSPS) is 10.2. The Morgan fingerprint density at radius 2 is 1.94 bits per heavy atom. The van der Waals surface area contributed by atoms with E-state index in [1.165, 1.54) is 0 Å². The average molecular weight is 240 g/mol. The second-order valence-corrected chi connectivity index (χ2v) is 4.45. The molecule has 1 aromatic carbocycles. The minimum atomic E-state index is 0.00503. The van der Waals surface area contributed by atoms with E-state index in [9.17, 15) is 4.79 Å². The largest absolute Gasteiger partial charge is 0.345 e. The first-order valence-electron chi connectivity index (χ1n) is 5.83. The van der Waals surface area contributed by atoms with Crippen LogP contribution in [0.25, 0.3) is 11.3 Å². The minimum absolute atomic E-state index is 0.00503. The fourth-order valence-electron chi connectivity index (χ4n) is 1.85. The van der Waals surface area contributed by atoms with Gasteiger partial charge in [-0.3, -0.25) is 9.78 Å². The highest BCUT2D eigenvalue weighted by molar-refractivity contribution is 5.95. The summed E-state index contributed by atoms with van der Waals surface area (Å²) in [5, 5.41) is 0. The quantitative estimate of drug-likeness (QED) is 0.808. The molecule has 92 valence electrons. The molecule has 0 saturated heterocycles. The summed E-state index contributed by atoms with van der Waals surface area (Å²) in [6.07, 6.45) is 1.77. The van der Waals surface area contributed by atoms with Crippen LogP contribution in [0.4, 0.5) is 0 Å². The second kappa shape index (κ2) is 5.00. The van der Waals surface area contributed by atoms with Crippen LogP contribution in [0.3, 0.4) is 0 Å². The molecule has 0 radical (unpaired) electrons. The Bertz CT molecular complexity index is 576. The van der Waals surface area contributed by atoms with Crippen molar-refractivity contribution in [2.45, 2.75) is 6.92 Å². The maximum atomic E-state index is 11.9. The van der Waals surface area contributed by atoms with Gasteiger partial charge >= 0.3 is 0 Å². The van der Waals surface area contributed by atoms with Gasteiger partial charge in [-0.25, -0.2) is 0 Å². The van der Waals surface area contributed by atoms with E-state index in [1.54, 1.807) is 25.2 Å². The van der Waals surface area contributed by atoms with E-state index in [4.69, 9.17) is 0 Å². The van der Waals surface area contributed by atoms with Gasteiger partial charge in [-0.2, -0.15) is 0 Å². The Kier molecular flexibility index (Phi) is 3.42. The zero-order valence-corrected chi connectivity index (χ0v) is 10.8. The van der Waals surface area contributed by atoms with E-state index in [0.717, 1.165) is 16.8 Å². The lowest BCUT2D eigenvalue weighted by Gasteiger charge is -2.11. The molecule has 1 heterocycles. The Labute approximate surface area is 107 Å². The molecule has 0 spiro atoms. The number of hydrogen-bond acceptors (Lipinski definition) is 2. The predicted molar refractivity (Wildman–Crippen MR) is 72.4 cm³/mol. The Morgan fingerprint density at radius 1 is 1.17 bits per heavy atom. The molecule has 0 aliphatic rings. The lowest BCUT2D eigenvalue weighted by Crippen LogP contribution is -2.21. The summed E-state index contributed by atoms with van der Waals surface area (Å²) in [5.74, 6) is 0.00503. The van der Waals surface area contributed by atoms with Crippen molar-refractivity contribution in [3.05, 3.63) is 53.7 Å². The van der Waals surface area contributed by atoms with Gasteiger partial charge in [-0.15, -0.1) is 0 Å². The Hall–Kier alpha value is -2.16. The standard InChI is InChI=1S/C15H16N2O/c1-11-6-5-9-16-14(11)12-7-4-8-13(10-12)15(18)17(2)3/h4-10H,1-3H3. The molecule has 1 amide bonds. The van der Waals surface area contributed by atoms with Crippen LogP contribution in [0.1, 0.15) is 15.9 Å². The number of aryl methyl sites for hydroxylation is 1. The monoisotopic (exact) mass is 240 g/mol. The minimum Gasteiger partial charge on any atom is -0.345 e. The highest BCUT2D eigenvalue weighted by Crippen LogP contribution is 2.21. The van der Waals surface area contributed by atoms with E-state index in [1.807, 2.05) is 43.3 Å². The van der Waals surface area contributed by atoms with Gasteiger partial charge in [0.2, 0.25) is 0 Å². The molecular weight excluding hydrogens is 224 g/mol. The number of carbonyl (C=O) groups is 1. The van der Waals surface area contributed by atoms with Crippen molar-refractivity contribution >= 4 is 5.91 Å². The van der Waals surface area contributed by atoms with E-state index >= 15 is 0 Å². The van der Waals surface area contributed by atoms with Crippen molar-refractivity contribution in [1.29, 1.82) is 0 Å². The summed E-state index contributed by atoms with van der Waals surface area (Å²) >= 11 is 0. The number of hydrogen-bond donors (Lipinski definition) is 0. The number of aromatic nitrogens is 1. The van der Waals surface area contributed by atoms with Gasteiger partial charge in [0.25, 0.3) is 5.91 Å². The zero-order valence-electron chi connectivity index (χ0n) is 10.8. The van der Waals surface area contributed by atoms with Crippen LogP contribution in [0, 0.1) is 6.92 Å². The molecule has 0 unspecified atom stereocenters. The van der Waals surface area contributed by atoms with Crippen LogP contribution >= 0.6 is 0 Å². The van der Waals surface area contributed by atoms with Crippen LogP contribution < -0.4 is 0 Å². The summed E-state index contributed by atoms with van der Waals surface area (Å²) in [7, 11) is 3.50. The molecule has 3 heteroatoms. The van der Waals surface area contributed by atoms with Crippen LogP contribution in [0.2, 0.25) is 0 Å². The molecule has 0 fully saturated rings. The number of amides is 1. The number of benzene rings is 1. The molecule has 0 atom stereocenters. The molecule has 2 aromatic rings. The lowest BCUT2D eigenvalue weighted by molar-refractivity contribution is 0.0827. The first-order chi connectivity index (χ1) is 8.59. The van der Waals surface area contributed by atoms with E-state index in [2.05, 4.69) is 4.98 Å². The molecule has 18 heavy (non-hydrogen) atoms. The Balaban J connectivity index is 2.45. The van der Waals surface area contributed by atoms with Gasteiger partial charge in [-0.1, -0.05) is 18.2 Å². The van der Waals surface area contributed by atoms with Gasteiger partial charge < -0.3 is 4.90 Å². The van der Waals surface area contributed by atoms with Crippen molar-refractivity contribution in [3.63, 3.8) is 0 Å². The molecular formula is C15H16N2O. The van der Waals surface area contributed by atoms with Gasteiger partial charge in [0.05, 0.1) is 5.69 Å². The van der Waals surface area contributed by atoms with E-state index in [0.29, 0.717) is 5.56 Å². The first kappa shape index (κ1) is 12.3. The number of pyridine rings is 1. The third kappa shape index (κ3) is 2.40. The third-order valence-corrected chi connectivity index (χ3v) is 2.80.